The van der Waals surface area contributed by atoms with Gasteiger partial charge < -0.3 is 15.2 Å². The molecular formula is C12H17NO3. The molecule has 1 aromatic rings. The summed E-state index contributed by atoms with van der Waals surface area (Å²) >= 11 is 0. The predicted octanol–water partition coefficient (Wildman–Crippen LogP) is 2.19. The van der Waals surface area contributed by atoms with Gasteiger partial charge in [-0.2, -0.15) is 0 Å². The maximum Gasteiger partial charge on any atom is 0.341 e. The van der Waals surface area contributed by atoms with Crippen molar-refractivity contribution in [3.8, 4) is 5.75 Å². The van der Waals surface area contributed by atoms with Crippen LogP contribution in [0.3, 0.4) is 0 Å². The first-order chi connectivity index (χ1) is 7.51. The van der Waals surface area contributed by atoms with Crippen molar-refractivity contribution in [1.29, 1.82) is 0 Å². The van der Waals surface area contributed by atoms with Crippen LogP contribution in [0.25, 0.3) is 0 Å². The van der Waals surface area contributed by atoms with Crippen LogP contribution in [0, 0.1) is 0 Å². The molecule has 16 heavy (non-hydrogen) atoms. The molecule has 0 aromatic heterocycles. The van der Waals surface area contributed by atoms with Crippen molar-refractivity contribution in [2.24, 2.45) is 0 Å². The largest absolute Gasteiger partial charge is 0.496 e. The van der Waals surface area contributed by atoms with Crippen LogP contribution < -0.4 is 10.5 Å². The van der Waals surface area contributed by atoms with E-state index in [4.69, 9.17) is 10.5 Å². The first-order valence-electron chi connectivity index (χ1n) is 5.07. The van der Waals surface area contributed by atoms with Crippen molar-refractivity contribution < 1.29 is 14.3 Å². The maximum absolute atomic E-state index is 11.5. The quantitative estimate of drug-likeness (QED) is 0.630. The minimum absolute atomic E-state index is 0.278. The summed E-state index contributed by atoms with van der Waals surface area (Å²) < 4.78 is 9.82. The van der Waals surface area contributed by atoms with Gasteiger partial charge >= 0.3 is 5.97 Å². The molecular weight excluding hydrogens is 206 g/mol. The Labute approximate surface area is 95.3 Å². The smallest absolute Gasteiger partial charge is 0.341 e. The topological polar surface area (TPSA) is 61.5 Å². The van der Waals surface area contributed by atoms with Gasteiger partial charge in [0.1, 0.15) is 11.3 Å². The van der Waals surface area contributed by atoms with Crippen LogP contribution in [0.5, 0.6) is 5.75 Å². The highest BCUT2D eigenvalue weighted by molar-refractivity contribution is 5.94. The fraction of sp³-hybridized carbons (Fsp3) is 0.417. The summed E-state index contributed by atoms with van der Waals surface area (Å²) in [6, 6.07) is 3.38. The molecule has 0 aliphatic heterocycles. The van der Waals surface area contributed by atoms with Gasteiger partial charge in [-0.15, -0.1) is 0 Å². The number of esters is 1. The van der Waals surface area contributed by atoms with E-state index >= 15 is 0 Å². The predicted molar refractivity (Wildman–Crippen MR) is 62.8 cm³/mol. The van der Waals surface area contributed by atoms with Crippen molar-refractivity contribution in [3.63, 3.8) is 0 Å². The third-order valence-electron chi connectivity index (χ3n) is 2.43. The van der Waals surface area contributed by atoms with Crippen molar-refractivity contribution in [2.75, 3.05) is 20.0 Å². The van der Waals surface area contributed by atoms with E-state index in [2.05, 4.69) is 4.74 Å². The molecule has 4 heteroatoms. The zero-order chi connectivity index (χ0) is 12.3. The molecule has 0 fully saturated rings. The Morgan fingerprint density at radius 1 is 1.31 bits per heavy atom. The Morgan fingerprint density at radius 2 is 1.94 bits per heavy atom. The third kappa shape index (κ3) is 2.27. The summed E-state index contributed by atoms with van der Waals surface area (Å²) in [5.41, 5.74) is 7.77. The van der Waals surface area contributed by atoms with Gasteiger partial charge in [0.15, 0.2) is 0 Å². The maximum atomic E-state index is 11.5. The molecule has 0 atom stereocenters. The van der Waals surface area contributed by atoms with E-state index in [1.54, 1.807) is 12.1 Å². The van der Waals surface area contributed by atoms with E-state index in [1.165, 1.54) is 14.2 Å². The van der Waals surface area contributed by atoms with Gasteiger partial charge in [0, 0.05) is 5.69 Å². The fourth-order valence-corrected chi connectivity index (χ4v) is 1.55. The van der Waals surface area contributed by atoms with E-state index < -0.39 is 5.97 Å². The number of ether oxygens (including phenoxy) is 2. The highest BCUT2D eigenvalue weighted by atomic mass is 16.5. The fourth-order valence-electron chi connectivity index (χ4n) is 1.55. The molecule has 0 amide bonds. The zero-order valence-electron chi connectivity index (χ0n) is 10.0. The minimum Gasteiger partial charge on any atom is -0.496 e. The molecule has 0 radical (unpaired) electrons. The molecule has 1 aromatic carbocycles. The Balaban J connectivity index is 3.32. The zero-order valence-corrected chi connectivity index (χ0v) is 10.0. The number of hydrogen-bond donors (Lipinski definition) is 1. The van der Waals surface area contributed by atoms with E-state index in [0.717, 1.165) is 5.56 Å². The van der Waals surface area contributed by atoms with Crippen LogP contribution >= 0.6 is 0 Å². The Kier molecular flexibility index (Phi) is 3.77. The first kappa shape index (κ1) is 12.4. The second kappa shape index (κ2) is 4.88. The number of methoxy groups -OCH3 is 2. The molecule has 0 saturated carbocycles. The number of benzene rings is 1. The standard InChI is InChI=1S/C12H17NO3/c1-7(2)8-6-11(15-3)9(5-10(8)13)12(14)16-4/h5-7H,13H2,1-4H3. The summed E-state index contributed by atoms with van der Waals surface area (Å²) in [5.74, 6) is 0.323. The summed E-state index contributed by atoms with van der Waals surface area (Å²) in [4.78, 5) is 11.5. The van der Waals surface area contributed by atoms with E-state index in [0.29, 0.717) is 17.0 Å². The molecule has 88 valence electrons. The van der Waals surface area contributed by atoms with Crippen molar-refractivity contribution in [1.82, 2.24) is 0 Å². The second-order valence-electron chi connectivity index (χ2n) is 3.83. The summed E-state index contributed by atoms with van der Waals surface area (Å²) in [5, 5.41) is 0. The Bertz CT molecular complexity index is 399. The highest BCUT2D eigenvalue weighted by Crippen LogP contribution is 2.30. The summed E-state index contributed by atoms with van der Waals surface area (Å²) in [7, 11) is 2.84. The number of carbonyl (C=O) groups excluding carboxylic acids is 1. The molecule has 4 nitrogen and oxygen atoms in total. The molecule has 0 spiro atoms. The van der Waals surface area contributed by atoms with Gasteiger partial charge in [-0.05, 0) is 23.6 Å². The SMILES string of the molecule is COC(=O)c1cc(N)c(C(C)C)cc1OC. The summed E-state index contributed by atoms with van der Waals surface area (Å²) in [6.07, 6.45) is 0. The molecule has 0 bridgehead atoms. The number of carbonyl (C=O) groups is 1. The average Bonchev–Trinajstić information content (AvgIpc) is 2.27. The van der Waals surface area contributed by atoms with Crippen molar-refractivity contribution in [2.45, 2.75) is 19.8 Å². The minimum atomic E-state index is -0.446. The first-order valence-corrected chi connectivity index (χ1v) is 5.07. The Morgan fingerprint density at radius 3 is 2.38 bits per heavy atom. The van der Waals surface area contributed by atoms with Gasteiger partial charge in [0.2, 0.25) is 0 Å². The lowest BCUT2D eigenvalue weighted by atomic mass is 9.98. The van der Waals surface area contributed by atoms with Crippen LogP contribution in [0.1, 0.15) is 35.7 Å². The van der Waals surface area contributed by atoms with Crippen molar-refractivity contribution >= 4 is 11.7 Å². The monoisotopic (exact) mass is 223 g/mol. The van der Waals surface area contributed by atoms with Crippen LogP contribution in [0.4, 0.5) is 5.69 Å². The van der Waals surface area contributed by atoms with Gasteiger partial charge in [-0.1, -0.05) is 13.8 Å². The van der Waals surface area contributed by atoms with Crippen LogP contribution in [0.2, 0.25) is 0 Å². The second-order valence-corrected chi connectivity index (χ2v) is 3.83. The van der Waals surface area contributed by atoms with Gasteiger partial charge in [0.25, 0.3) is 0 Å². The normalized spacial score (nSPS) is 10.3. The lowest BCUT2D eigenvalue weighted by Crippen LogP contribution is -2.07. The molecule has 0 aliphatic carbocycles. The lowest BCUT2D eigenvalue weighted by Gasteiger charge is -2.14. The van der Waals surface area contributed by atoms with E-state index in [-0.39, 0.29) is 5.92 Å². The molecule has 0 saturated heterocycles. The lowest BCUT2D eigenvalue weighted by molar-refractivity contribution is 0.0597. The highest BCUT2D eigenvalue weighted by Gasteiger charge is 2.16. The van der Waals surface area contributed by atoms with Gasteiger partial charge in [0.05, 0.1) is 14.2 Å². The number of rotatable bonds is 3. The molecule has 1 rings (SSSR count). The van der Waals surface area contributed by atoms with Crippen LogP contribution in [-0.4, -0.2) is 20.2 Å². The van der Waals surface area contributed by atoms with Crippen LogP contribution in [0.15, 0.2) is 12.1 Å². The number of nitrogens with two attached hydrogens (primary N) is 1. The number of hydrogen-bond acceptors (Lipinski definition) is 4. The summed E-state index contributed by atoms with van der Waals surface area (Å²) in [6.45, 7) is 4.06. The molecule has 0 heterocycles. The van der Waals surface area contributed by atoms with Crippen molar-refractivity contribution in [3.05, 3.63) is 23.3 Å². The third-order valence-corrected chi connectivity index (χ3v) is 2.43. The van der Waals surface area contributed by atoms with Crippen LogP contribution in [-0.2, 0) is 4.74 Å². The van der Waals surface area contributed by atoms with E-state index in [1.807, 2.05) is 13.8 Å². The average molecular weight is 223 g/mol. The number of anilines is 1. The van der Waals surface area contributed by atoms with E-state index in [9.17, 15) is 4.79 Å². The molecule has 0 unspecified atom stereocenters. The molecule has 2 N–H and O–H groups in total. The Hall–Kier alpha value is -1.71. The van der Waals surface area contributed by atoms with Gasteiger partial charge in [-0.25, -0.2) is 4.79 Å². The molecule has 0 aliphatic rings. The number of nitrogen functional groups attached to an aromatic ring is 1. The van der Waals surface area contributed by atoms with Gasteiger partial charge in [-0.3, -0.25) is 0 Å².